The van der Waals surface area contributed by atoms with Gasteiger partial charge in [0.25, 0.3) is 11.6 Å². The predicted molar refractivity (Wildman–Crippen MR) is 130 cm³/mol. The summed E-state index contributed by atoms with van der Waals surface area (Å²) in [6.45, 7) is 1.20. The Bertz CT molecular complexity index is 1290. The van der Waals surface area contributed by atoms with Crippen molar-refractivity contribution in [1.82, 2.24) is 0 Å². The van der Waals surface area contributed by atoms with Gasteiger partial charge in [0.2, 0.25) is 0 Å². The monoisotopic (exact) mass is 498 g/mol. The van der Waals surface area contributed by atoms with Crippen LogP contribution in [0.4, 0.5) is 11.4 Å². The normalized spacial score (nSPS) is 10.4. The Hall–Kier alpha value is -3.69. The van der Waals surface area contributed by atoms with E-state index in [0.29, 0.717) is 15.6 Å². The SMILES string of the molecule is CSc1ccc(C(=O)c2ccccc2C(=O)OCC(=O)Nc2ccc(Cl)cc2C)cc1[N+](=O)[O-]. The van der Waals surface area contributed by atoms with Crippen LogP contribution in [-0.4, -0.2) is 35.4 Å². The van der Waals surface area contributed by atoms with E-state index in [1.54, 1.807) is 43.5 Å². The molecule has 0 aromatic heterocycles. The Kier molecular flexibility index (Phi) is 8.04. The summed E-state index contributed by atoms with van der Waals surface area (Å²) in [6, 6.07) is 15.0. The maximum atomic E-state index is 13.1. The van der Waals surface area contributed by atoms with E-state index in [1.165, 1.54) is 42.1 Å². The van der Waals surface area contributed by atoms with Gasteiger partial charge in [-0.3, -0.25) is 19.7 Å². The van der Waals surface area contributed by atoms with Gasteiger partial charge in [-0.05, 0) is 55.1 Å². The Morgan fingerprint density at radius 2 is 1.76 bits per heavy atom. The van der Waals surface area contributed by atoms with Crippen molar-refractivity contribution >= 4 is 52.4 Å². The van der Waals surface area contributed by atoms with Crippen LogP contribution in [0.5, 0.6) is 0 Å². The number of nitro groups is 1. The molecule has 0 atom stereocenters. The zero-order valence-electron chi connectivity index (χ0n) is 18.2. The van der Waals surface area contributed by atoms with Gasteiger partial charge in [0.15, 0.2) is 12.4 Å². The molecular weight excluding hydrogens is 480 g/mol. The average molecular weight is 499 g/mol. The zero-order chi connectivity index (χ0) is 24.8. The largest absolute Gasteiger partial charge is 0.452 e. The first-order valence-electron chi connectivity index (χ1n) is 9.90. The van der Waals surface area contributed by atoms with Crippen molar-refractivity contribution in [3.8, 4) is 0 Å². The Morgan fingerprint density at radius 1 is 1.06 bits per heavy atom. The highest BCUT2D eigenvalue weighted by atomic mass is 35.5. The van der Waals surface area contributed by atoms with Gasteiger partial charge in [0.1, 0.15) is 0 Å². The average Bonchev–Trinajstić information content (AvgIpc) is 2.83. The van der Waals surface area contributed by atoms with Crippen molar-refractivity contribution in [3.05, 3.63) is 98.1 Å². The number of amides is 1. The van der Waals surface area contributed by atoms with Gasteiger partial charge in [0.05, 0.1) is 15.4 Å². The van der Waals surface area contributed by atoms with Gasteiger partial charge in [0, 0.05) is 27.9 Å². The number of carbonyl (C=O) groups excluding carboxylic acids is 3. The summed E-state index contributed by atoms with van der Waals surface area (Å²) >= 11 is 7.09. The highest BCUT2D eigenvalue weighted by Gasteiger charge is 2.23. The quantitative estimate of drug-likeness (QED) is 0.147. The number of esters is 1. The molecule has 0 fully saturated rings. The molecule has 1 amide bonds. The molecule has 3 rings (SSSR count). The van der Waals surface area contributed by atoms with E-state index in [1.807, 2.05) is 0 Å². The number of hydrogen-bond acceptors (Lipinski definition) is 7. The van der Waals surface area contributed by atoms with Crippen LogP contribution < -0.4 is 5.32 Å². The molecule has 0 aliphatic rings. The number of thioether (sulfide) groups is 1. The number of hydrogen-bond donors (Lipinski definition) is 1. The number of benzene rings is 3. The molecule has 10 heteroatoms. The van der Waals surface area contributed by atoms with Crippen molar-refractivity contribution < 1.29 is 24.0 Å². The summed E-state index contributed by atoms with van der Waals surface area (Å²) in [4.78, 5) is 49.2. The van der Waals surface area contributed by atoms with Gasteiger partial charge in [-0.1, -0.05) is 29.8 Å². The standard InChI is InChI=1S/C24H19ClN2O6S/c1-14-11-16(25)8-9-19(14)26-22(28)13-33-24(30)18-6-4-3-5-17(18)23(29)15-7-10-21(34-2)20(12-15)27(31)32/h3-12H,13H2,1-2H3,(H,26,28). The number of aryl methyl sites for hydroxylation is 1. The minimum absolute atomic E-state index is 0.00709. The summed E-state index contributed by atoms with van der Waals surface area (Å²) < 4.78 is 5.11. The van der Waals surface area contributed by atoms with E-state index in [0.717, 1.165) is 5.56 Å². The summed E-state index contributed by atoms with van der Waals surface area (Å²) in [6.07, 6.45) is 1.69. The minimum atomic E-state index is -0.873. The first-order chi connectivity index (χ1) is 16.2. The lowest BCUT2D eigenvalue weighted by Crippen LogP contribution is -2.22. The molecule has 3 aromatic rings. The molecule has 0 unspecified atom stereocenters. The van der Waals surface area contributed by atoms with Crippen molar-refractivity contribution in [2.24, 2.45) is 0 Å². The van der Waals surface area contributed by atoms with Crippen molar-refractivity contribution in [1.29, 1.82) is 0 Å². The summed E-state index contributed by atoms with van der Waals surface area (Å²) in [7, 11) is 0. The van der Waals surface area contributed by atoms with Crippen LogP contribution in [0, 0.1) is 17.0 Å². The van der Waals surface area contributed by atoms with Gasteiger partial charge in [-0.25, -0.2) is 4.79 Å². The van der Waals surface area contributed by atoms with Crippen molar-refractivity contribution in [2.75, 3.05) is 18.2 Å². The van der Waals surface area contributed by atoms with Gasteiger partial charge < -0.3 is 10.1 Å². The van der Waals surface area contributed by atoms with Crippen LogP contribution in [-0.2, 0) is 9.53 Å². The van der Waals surface area contributed by atoms with Crippen molar-refractivity contribution in [2.45, 2.75) is 11.8 Å². The number of nitrogens with one attached hydrogen (secondary N) is 1. The third-order valence-electron chi connectivity index (χ3n) is 4.83. The number of nitro benzene ring substituents is 1. The third-order valence-corrected chi connectivity index (χ3v) is 5.85. The number of rotatable bonds is 8. The lowest BCUT2D eigenvalue weighted by molar-refractivity contribution is -0.387. The Morgan fingerprint density at radius 3 is 2.41 bits per heavy atom. The Balaban J connectivity index is 1.76. The highest BCUT2D eigenvalue weighted by molar-refractivity contribution is 7.98. The second-order valence-electron chi connectivity index (χ2n) is 7.10. The predicted octanol–water partition coefficient (Wildman–Crippen LogP) is 5.31. The molecule has 0 saturated heterocycles. The van der Waals surface area contributed by atoms with Crippen molar-refractivity contribution in [3.63, 3.8) is 0 Å². The van der Waals surface area contributed by atoms with Crippen LogP contribution in [0.2, 0.25) is 5.02 Å². The number of ketones is 1. The second kappa shape index (κ2) is 11.0. The van der Waals surface area contributed by atoms with Crippen LogP contribution in [0.25, 0.3) is 0 Å². The fourth-order valence-electron chi connectivity index (χ4n) is 3.15. The van der Waals surface area contributed by atoms with E-state index < -0.39 is 29.2 Å². The van der Waals surface area contributed by atoms with E-state index in [2.05, 4.69) is 5.32 Å². The molecule has 0 spiro atoms. The first-order valence-corrected chi connectivity index (χ1v) is 11.5. The highest BCUT2D eigenvalue weighted by Crippen LogP contribution is 2.29. The second-order valence-corrected chi connectivity index (χ2v) is 8.39. The number of ether oxygens (including phenoxy) is 1. The molecule has 0 heterocycles. The number of anilines is 1. The molecule has 0 aliphatic heterocycles. The maximum Gasteiger partial charge on any atom is 0.339 e. The van der Waals surface area contributed by atoms with Gasteiger partial charge in [-0.15, -0.1) is 11.8 Å². The van der Waals surface area contributed by atoms with E-state index in [4.69, 9.17) is 16.3 Å². The van der Waals surface area contributed by atoms with E-state index in [9.17, 15) is 24.5 Å². The first kappa shape index (κ1) is 24.9. The van der Waals surface area contributed by atoms with E-state index >= 15 is 0 Å². The minimum Gasteiger partial charge on any atom is -0.452 e. The molecule has 0 bridgehead atoms. The molecule has 0 aliphatic carbocycles. The van der Waals surface area contributed by atoms with Crippen LogP contribution in [0.3, 0.4) is 0 Å². The van der Waals surface area contributed by atoms with Crippen LogP contribution in [0.1, 0.15) is 31.8 Å². The fourth-order valence-corrected chi connectivity index (χ4v) is 3.92. The molecule has 1 N–H and O–H groups in total. The fraction of sp³-hybridized carbons (Fsp3) is 0.125. The molecule has 174 valence electrons. The summed E-state index contributed by atoms with van der Waals surface area (Å²) in [5.74, 6) is -2.02. The Labute approximate surface area is 204 Å². The molecule has 3 aromatic carbocycles. The lowest BCUT2D eigenvalue weighted by Gasteiger charge is -2.11. The van der Waals surface area contributed by atoms with E-state index in [-0.39, 0.29) is 22.4 Å². The number of nitrogens with zero attached hydrogens (tertiary/aromatic N) is 1. The topological polar surface area (TPSA) is 116 Å². The van der Waals surface area contributed by atoms with Gasteiger partial charge in [-0.2, -0.15) is 0 Å². The smallest absolute Gasteiger partial charge is 0.339 e. The number of carbonyl (C=O) groups is 3. The lowest BCUT2D eigenvalue weighted by atomic mass is 9.98. The van der Waals surface area contributed by atoms with Crippen LogP contribution >= 0.6 is 23.4 Å². The molecule has 34 heavy (non-hydrogen) atoms. The molecule has 0 saturated carbocycles. The summed E-state index contributed by atoms with van der Waals surface area (Å²) in [5, 5.41) is 14.5. The molecule has 0 radical (unpaired) electrons. The molecule has 8 nitrogen and oxygen atoms in total. The number of halogens is 1. The molecular formula is C24H19ClN2O6S. The maximum absolute atomic E-state index is 13.1. The summed E-state index contributed by atoms with van der Waals surface area (Å²) in [5.41, 5.74) is 1.07. The van der Waals surface area contributed by atoms with Crippen LogP contribution in [0.15, 0.2) is 65.6 Å². The zero-order valence-corrected chi connectivity index (χ0v) is 19.7. The van der Waals surface area contributed by atoms with Gasteiger partial charge >= 0.3 is 5.97 Å². The third kappa shape index (κ3) is 5.81.